The number of anilines is 1. The first kappa shape index (κ1) is 30.7. The van der Waals surface area contributed by atoms with E-state index in [0.717, 1.165) is 31.0 Å². The number of carbonyl (C=O) groups is 1. The van der Waals surface area contributed by atoms with Gasteiger partial charge in [-0.05, 0) is 97.2 Å². The summed E-state index contributed by atoms with van der Waals surface area (Å²) in [5.74, 6) is -0.480. The Kier molecular flexibility index (Phi) is 9.81. The minimum absolute atomic E-state index is 0.0407. The predicted molar refractivity (Wildman–Crippen MR) is 156 cm³/mol. The first-order chi connectivity index (χ1) is 19.5. The Balaban J connectivity index is 1.60. The summed E-state index contributed by atoms with van der Waals surface area (Å²) in [7, 11) is 1.36. The fraction of sp³-hybridized carbons (Fsp3) is 0.406. The standard InChI is InChI=1S/C32H37F2NO5S/c1-19(2)32(3)15-5-6-24(18-32)40-31(37)29(36)30(20-7-14-27(38-4)25(34)16-20)41-28-17-23(12-13-26(28)35)39-22-10-8-21(33)9-11-22/h7-14,16-17,19,24,29-30,36H,5-6,15,18,35H2,1-4H3/t24?,29-,30+,32?/m1/s1. The van der Waals surface area contributed by atoms with Crippen molar-refractivity contribution in [1.82, 2.24) is 0 Å². The summed E-state index contributed by atoms with van der Waals surface area (Å²) in [6.07, 6.45) is 1.51. The minimum Gasteiger partial charge on any atom is -0.494 e. The smallest absolute Gasteiger partial charge is 0.336 e. The molecule has 1 fully saturated rings. The normalized spacial score (nSPS) is 20.3. The van der Waals surface area contributed by atoms with Gasteiger partial charge in [0.1, 0.15) is 23.4 Å². The van der Waals surface area contributed by atoms with Crippen LogP contribution in [0.3, 0.4) is 0 Å². The molecule has 0 radical (unpaired) electrons. The van der Waals surface area contributed by atoms with Crippen molar-refractivity contribution < 1.29 is 32.9 Å². The molecule has 0 aliphatic heterocycles. The van der Waals surface area contributed by atoms with Gasteiger partial charge in [-0.15, -0.1) is 11.8 Å². The van der Waals surface area contributed by atoms with Crippen molar-refractivity contribution in [3.63, 3.8) is 0 Å². The lowest BCUT2D eigenvalue weighted by molar-refractivity contribution is -0.163. The molecule has 1 aliphatic rings. The number of benzene rings is 3. The van der Waals surface area contributed by atoms with E-state index in [1.165, 1.54) is 43.5 Å². The zero-order valence-corrected chi connectivity index (χ0v) is 24.5. The Morgan fingerprint density at radius 2 is 1.78 bits per heavy atom. The van der Waals surface area contributed by atoms with Gasteiger partial charge in [-0.25, -0.2) is 13.6 Å². The lowest BCUT2D eigenvalue weighted by Crippen LogP contribution is -2.38. The average Bonchev–Trinajstić information content (AvgIpc) is 2.94. The molecule has 6 nitrogen and oxygen atoms in total. The number of rotatable bonds is 10. The highest BCUT2D eigenvalue weighted by molar-refractivity contribution is 7.99. The number of methoxy groups -OCH3 is 1. The van der Waals surface area contributed by atoms with Crippen molar-refractivity contribution in [3.05, 3.63) is 77.9 Å². The fourth-order valence-electron chi connectivity index (χ4n) is 5.07. The van der Waals surface area contributed by atoms with Gasteiger partial charge in [0.05, 0.1) is 12.4 Å². The number of nitrogen functional groups attached to an aromatic ring is 1. The SMILES string of the molecule is COc1ccc([C@H](Sc2cc(Oc3ccc(F)cc3)ccc2N)[C@@H](O)C(=O)OC2CCCC(C)(C(C)C)C2)cc1F. The third-order valence-corrected chi connectivity index (χ3v) is 9.36. The van der Waals surface area contributed by atoms with Crippen molar-refractivity contribution >= 4 is 23.4 Å². The van der Waals surface area contributed by atoms with Gasteiger partial charge >= 0.3 is 5.97 Å². The molecular weight excluding hydrogens is 548 g/mol. The second-order valence-electron chi connectivity index (χ2n) is 11.1. The molecular formula is C32H37F2NO5S. The molecule has 9 heteroatoms. The van der Waals surface area contributed by atoms with Gasteiger partial charge in [0.15, 0.2) is 17.7 Å². The lowest BCUT2D eigenvalue weighted by Gasteiger charge is -2.41. The third kappa shape index (κ3) is 7.51. The van der Waals surface area contributed by atoms with Gasteiger partial charge in [0.2, 0.25) is 0 Å². The van der Waals surface area contributed by atoms with E-state index >= 15 is 0 Å². The van der Waals surface area contributed by atoms with Crippen LogP contribution in [0.5, 0.6) is 17.2 Å². The summed E-state index contributed by atoms with van der Waals surface area (Å²) in [5, 5.41) is 10.4. The number of hydrogen-bond acceptors (Lipinski definition) is 7. The van der Waals surface area contributed by atoms with Crippen molar-refractivity contribution in [2.75, 3.05) is 12.8 Å². The van der Waals surface area contributed by atoms with E-state index in [-0.39, 0.29) is 23.1 Å². The van der Waals surface area contributed by atoms with Gasteiger partial charge in [0.25, 0.3) is 0 Å². The molecule has 3 N–H and O–H groups in total. The number of ether oxygens (including phenoxy) is 3. The third-order valence-electron chi connectivity index (χ3n) is 7.97. The highest BCUT2D eigenvalue weighted by Crippen LogP contribution is 2.45. The number of nitrogens with two attached hydrogens (primary N) is 1. The second-order valence-corrected chi connectivity index (χ2v) is 12.3. The Hall–Kier alpha value is -3.30. The van der Waals surface area contributed by atoms with Crippen LogP contribution < -0.4 is 15.2 Å². The first-order valence-electron chi connectivity index (χ1n) is 13.7. The number of aliphatic hydroxyl groups is 1. The van der Waals surface area contributed by atoms with Gasteiger partial charge < -0.3 is 25.1 Å². The Bertz CT molecular complexity index is 1350. The van der Waals surface area contributed by atoms with Crippen molar-refractivity contribution in [2.24, 2.45) is 11.3 Å². The lowest BCUT2D eigenvalue weighted by atomic mass is 9.67. The van der Waals surface area contributed by atoms with E-state index in [0.29, 0.717) is 40.0 Å². The predicted octanol–water partition coefficient (Wildman–Crippen LogP) is 7.69. The van der Waals surface area contributed by atoms with E-state index in [2.05, 4.69) is 20.8 Å². The van der Waals surface area contributed by atoms with Crippen LogP contribution in [0.2, 0.25) is 0 Å². The van der Waals surface area contributed by atoms with Crippen molar-refractivity contribution in [1.29, 1.82) is 0 Å². The fourth-order valence-corrected chi connectivity index (χ4v) is 6.26. The minimum atomic E-state index is -1.61. The van der Waals surface area contributed by atoms with Gasteiger partial charge in [-0.3, -0.25) is 0 Å². The molecule has 3 aromatic carbocycles. The Labute approximate surface area is 244 Å². The Morgan fingerprint density at radius 1 is 1.07 bits per heavy atom. The van der Waals surface area contributed by atoms with Gasteiger partial charge in [0, 0.05) is 10.6 Å². The molecule has 0 aromatic heterocycles. The van der Waals surface area contributed by atoms with Crippen LogP contribution in [0, 0.1) is 23.0 Å². The van der Waals surface area contributed by atoms with E-state index in [9.17, 15) is 18.7 Å². The molecule has 3 aromatic rings. The molecule has 0 saturated heterocycles. The van der Waals surface area contributed by atoms with Crippen molar-refractivity contribution in [3.8, 4) is 17.2 Å². The van der Waals surface area contributed by atoms with Gasteiger partial charge in [-0.2, -0.15) is 0 Å². The molecule has 1 aliphatic carbocycles. The van der Waals surface area contributed by atoms with E-state index < -0.39 is 23.1 Å². The van der Waals surface area contributed by atoms with E-state index in [1.54, 1.807) is 24.3 Å². The molecule has 2 unspecified atom stereocenters. The Morgan fingerprint density at radius 3 is 2.44 bits per heavy atom. The summed E-state index contributed by atoms with van der Waals surface area (Å²) in [5.41, 5.74) is 7.05. The zero-order valence-electron chi connectivity index (χ0n) is 23.7. The van der Waals surface area contributed by atoms with Crippen LogP contribution >= 0.6 is 11.8 Å². The van der Waals surface area contributed by atoms with Crippen LogP contribution in [0.4, 0.5) is 14.5 Å². The van der Waals surface area contributed by atoms with Crippen LogP contribution in [0.1, 0.15) is 57.3 Å². The first-order valence-corrected chi connectivity index (χ1v) is 14.6. The van der Waals surface area contributed by atoms with Crippen LogP contribution in [-0.2, 0) is 9.53 Å². The topological polar surface area (TPSA) is 91.0 Å². The molecule has 4 atom stereocenters. The monoisotopic (exact) mass is 585 g/mol. The highest BCUT2D eigenvalue weighted by atomic mass is 32.2. The van der Waals surface area contributed by atoms with Crippen LogP contribution in [0.25, 0.3) is 0 Å². The number of aliphatic hydroxyl groups excluding tert-OH is 1. The quantitative estimate of drug-likeness (QED) is 0.143. The maximum Gasteiger partial charge on any atom is 0.336 e. The number of esters is 1. The number of hydrogen-bond donors (Lipinski definition) is 2. The maximum absolute atomic E-state index is 14.8. The summed E-state index contributed by atoms with van der Waals surface area (Å²) in [4.78, 5) is 13.8. The molecule has 4 rings (SSSR count). The van der Waals surface area contributed by atoms with E-state index in [4.69, 9.17) is 19.9 Å². The van der Waals surface area contributed by atoms with Gasteiger partial charge in [-0.1, -0.05) is 26.8 Å². The average molecular weight is 586 g/mol. The summed E-state index contributed by atoms with van der Waals surface area (Å²) in [6.45, 7) is 6.54. The number of thioether (sulfide) groups is 1. The van der Waals surface area contributed by atoms with E-state index in [1.807, 2.05) is 0 Å². The largest absolute Gasteiger partial charge is 0.494 e. The summed E-state index contributed by atoms with van der Waals surface area (Å²) >= 11 is 1.10. The summed E-state index contributed by atoms with van der Waals surface area (Å²) < 4.78 is 44.8. The van der Waals surface area contributed by atoms with Crippen LogP contribution in [-0.4, -0.2) is 30.4 Å². The highest BCUT2D eigenvalue weighted by Gasteiger charge is 2.38. The molecule has 0 spiro atoms. The zero-order chi connectivity index (χ0) is 29.7. The molecule has 1 saturated carbocycles. The molecule has 220 valence electrons. The molecule has 0 heterocycles. The molecule has 41 heavy (non-hydrogen) atoms. The maximum atomic E-state index is 14.8. The molecule has 0 amide bonds. The molecule has 0 bridgehead atoms. The van der Waals surface area contributed by atoms with Crippen molar-refractivity contribution in [2.45, 2.75) is 68.8 Å². The number of carbonyl (C=O) groups excluding carboxylic acids is 1. The second kappa shape index (κ2) is 13.1. The number of halogens is 2. The van der Waals surface area contributed by atoms with Crippen LogP contribution in [0.15, 0.2) is 65.6 Å². The summed E-state index contributed by atoms with van der Waals surface area (Å²) in [6, 6.07) is 14.8.